The highest BCUT2D eigenvalue weighted by atomic mass is 16.6. The average molecular weight is 304 g/mol. The van der Waals surface area contributed by atoms with Crippen LogP contribution in [0.4, 0.5) is 4.79 Å². The molecule has 0 unspecified atom stereocenters. The molecule has 2 atom stereocenters. The normalized spacial score (nSPS) is 22.9. The Balaban J connectivity index is 2.31. The van der Waals surface area contributed by atoms with E-state index >= 15 is 0 Å². The number of ether oxygens (including phenoxy) is 1. The third-order valence-corrected chi connectivity index (χ3v) is 3.65. The predicted molar refractivity (Wildman–Crippen MR) is 77.7 cm³/mol. The second kappa shape index (κ2) is 5.84. The van der Waals surface area contributed by atoms with Crippen LogP contribution in [0.1, 0.15) is 51.8 Å². The lowest BCUT2D eigenvalue weighted by atomic mass is 9.78. The van der Waals surface area contributed by atoms with Crippen LogP contribution in [0.25, 0.3) is 0 Å². The average Bonchev–Trinajstić information content (AvgIpc) is 3.04. The van der Waals surface area contributed by atoms with Crippen molar-refractivity contribution in [1.82, 2.24) is 5.32 Å². The van der Waals surface area contributed by atoms with Gasteiger partial charge in [-0.05, 0) is 45.7 Å². The van der Waals surface area contributed by atoms with Crippen LogP contribution in [-0.2, 0) is 9.53 Å². The monoisotopic (exact) mass is 304 g/mol. The summed E-state index contributed by atoms with van der Waals surface area (Å²) in [7, 11) is 0. The summed E-state index contributed by atoms with van der Waals surface area (Å²) in [6, 6.07) is 4.56. The molecule has 0 saturated heterocycles. The summed E-state index contributed by atoms with van der Waals surface area (Å²) in [6.45, 7) is 5.24. The standard InChI is InChI=1S/C16H20N2O4/c1-15(2,3)22-14(20)18-13(11-6-5-9-21-11)16(10-17)8-4-7-12(16)19/h5-6,9,13H,4,7-8H2,1-3H3,(H,18,20)/t13-,16+/m0/s1. The Morgan fingerprint density at radius 2 is 2.27 bits per heavy atom. The minimum atomic E-state index is -1.30. The molecule has 6 nitrogen and oxygen atoms in total. The van der Waals surface area contributed by atoms with Gasteiger partial charge in [-0.1, -0.05) is 0 Å². The molecule has 1 aliphatic carbocycles. The van der Waals surface area contributed by atoms with Crippen molar-refractivity contribution in [3.63, 3.8) is 0 Å². The van der Waals surface area contributed by atoms with Crippen molar-refractivity contribution in [2.75, 3.05) is 0 Å². The van der Waals surface area contributed by atoms with Crippen LogP contribution in [-0.4, -0.2) is 17.5 Å². The Kier molecular flexibility index (Phi) is 4.27. The van der Waals surface area contributed by atoms with Gasteiger partial charge in [0.15, 0.2) is 5.78 Å². The summed E-state index contributed by atoms with van der Waals surface area (Å²) in [5.74, 6) is 0.204. The molecule has 1 N–H and O–H groups in total. The molecule has 118 valence electrons. The smallest absolute Gasteiger partial charge is 0.408 e. The molecule has 0 aromatic carbocycles. The number of nitrogens with zero attached hydrogens (tertiary/aromatic N) is 1. The van der Waals surface area contributed by atoms with E-state index in [1.54, 1.807) is 32.9 Å². The zero-order chi connectivity index (χ0) is 16.4. The van der Waals surface area contributed by atoms with Gasteiger partial charge in [0.2, 0.25) is 0 Å². The first kappa shape index (κ1) is 16.1. The van der Waals surface area contributed by atoms with Crippen molar-refractivity contribution < 1.29 is 18.7 Å². The van der Waals surface area contributed by atoms with E-state index in [1.807, 2.05) is 0 Å². The molecule has 1 aromatic heterocycles. The minimum Gasteiger partial charge on any atom is -0.467 e. The van der Waals surface area contributed by atoms with Gasteiger partial charge < -0.3 is 14.5 Å². The van der Waals surface area contributed by atoms with Crippen molar-refractivity contribution in [1.29, 1.82) is 5.26 Å². The van der Waals surface area contributed by atoms with E-state index in [2.05, 4.69) is 11.4 Å². The molecule has 6 heteroatoms. The number of amides is 1. The molecular formula is C16H20N2O4. The van der Waals surface area contributed by atoms with Crippen molar-refractivity contribution in [2.45, 2.75) is 51.7 Å². The lowest BCUT2D eigenvalue weighted by Gasteiger charge is -2.30. The molecule has 1 saturated carbocycles. The molecule has 1 amide bonds. The fraction of sp³-hybridized carbons (Fsp3) is 0.562. The number of furan rings is 1. The lowest BCUT2D eigenvalue weighted by Crippen LogP contribution is -2.44. The topological polar surface area (TPSA) is 92.3 Å². The van der Waals surface area contributed by atoms with Gasteiger partial charge in [0, 0.05) is 6.42 Å². The Morgan fingerprint density at radius 1 is 1.55 bits per heavy atom. The van der Waals surface area contributed by atoms with Crippen LogP contribution in [0.15, 0.2) is 22.8 Å². The largest absolute Gasteiger partial charge is 0.467 e. The number of ketones is 1. The summed E-state index contributed by atoms with van der Waals surface area (Å²) in [5.41, 5.74) is -1.97. The van der Waals surface area contributed by atoms with Crippen LogP contribution in [0.3, 0.4) is 0 Å². The van der Waals surface area contributed by atoms with E-state index in [0.717, 1.165) is 0 Å². The third kappa shape index (κ3) is 3.14. The second-order valence-corrected chi connectivity index (χ2v) is 6.45. The molecule has 0 spiro atoms. The zero-order valence-electron chi connectivity index (χ0n) is 13.0. The maximum atomic E-state index is 12.3. The van der Waals surface area contributed by atoms with E-state index < -0.39 is 23.2 Å². The Hall–Kier alpha value is -2.29. The van der Waals surface area contributed by atoms with Crippen LogP contribution in [0.2, 0.25) is 0 Å². The third-order valence-electron chi connectivity index (χ3n) is 3.65. The van der Waals surface area contributed by atoms with Crippen molar-refractivity contribution in [3.05, 3.63) is 24.2 Å². The van der Waals surface area contributed by atoms with Gasteiger partial charge in [-0.25, -0.2) is 4.79 Å². The van der Waals surface area contributed by atoms with Crippen LogP contribution in [0.5, 0.6) is 0 Å². The number of rotatable bonds is 3. The highest BCUT2D eigenvalue weighted by Gasteiger charge is 2.51. The lowest BCUT2D eigenvalue weighted by molar-refractivity contribution is -0.124. The number of carbonyl (C=O) groups is 2. The Labute approximate surface area is 129 Å². The maximum Gasteiger partial charge on any atom is 0.408 e. The number of hydrogen-bond donors (Lipinski definition) is 1. The van der Waals surface area contributed by atoms with E-state index in [1.165, 1.54) is 6.26 Å². The molecule has 1 fully saturated rings. The Morgan fingerprint density at radius 3 is 2.73 bits per heavy atom. The van der Waals surface area contributed by atoms with Crippen molar-refractivity contribution >= 4 is 11.9 Å². The van der Waals surface area contributed by atoms with Gasteiger partial charge in [0.1, 0.15) is 22.8 Å². The Bertz CT molecular complexity index is 595. The predicted octanol–water partition coefficient (Wildman–Crippen LogP) is 3.11. The second-order valence-electron chi connectivity index (χ2n) is 6.45. The van der Waals surface area contributed by atoms with Gasteiger partial charge in [0.25, 0.3) is 0 Å². The molecule has 1 aliphatic rings. The number of nitriles is 1. The summed E-state index contributed by atoms with van der Waals surface area (Å²) >= 11 is 0. The number of hydrogen-bond acceptors (Lipinski definition) is 5. The van der Waals surface area contributed by atoms with Crippen LogP contribution >= 0.6 is 0 Å². The minimum absolute atomic E-state index is 0.174. The molecule has 1 heterocycles. The number of nitrogens with one attached hydrogen (secondary N) is 1. The molecule has 0 radical (unpaired) electrons. The summed E-state index contributed by atoms with van der Waals surface area (Å²) < 4.78 is 10.6. The zero-order valence-corrected chi connectivity index (χ0v) is 13.0. The number of alkyl carbamates (subject to hydrolysis) is 1. The molecule has 0 bridgehead atoms. The summed E-state index contributed by atoms with van der Waals surface area (Å²) in [6.07, 6.45) is 2.12. The van der Waals surface area contributed by atoms with Gasteiger partial charge in [-0.15, -0.1) is 0 Å². The number of Topliss-reactive ketones (excluding diaryl/α,β-unsaturated/α-hetero) is 1. The van der Waals surface area contributed by atoms with Gasteiger partial charge >= 0.3 is 6.09 Å². The van der Waals surface area contributed by atoms with Crippen molar-refractivity contribution in [2.24, 2.45) is 5.41 Å². The van der Waals surface area contributed by atoms with E-state index in [-0.39, 0.29) is 5.78 Å². The first-order chi connectivity index (χ1) is 10.3. The van der Waals surface area contributed by atoms with Gasteiger partial charge in [-0.3, -0.25) is 4.79 Å². The van der Waals surface area contributed by atoms with E-state index in [0.29, 0.717) is 25.0 Å². The molecule has 2 rings (SSSR count). The molecule has 1 aromatic rings. The van der Waals surface area contributed by atoms with Crippen molar-refractivity contribution in [3.8, 4) is 6.07 Å². The first-order valence-electron chi connectivity index (χ1n) is 7.26. The molecule has 22 heavy (non-hydrogen) atoms. The van der Waals surface area contributed by atoms with Crippen LogP contribution < -0.4 is 5.32 Å². The number of carbonyl (C=O) groups excluding carboxylic acids is 2. The summed E-state index contributed by atoms with van der Waals surface area (Å²) in [5, 5.41) is 12.2. The molecular weight excluding hydrogens is 284 g/mol. The van der Waals surface area contributed by atoms with Gasteiger partial charge in [-0.2, -0.15) is 5.26 Å². The summed E-state index contributed by atoms with van der Waals surface area (Å²) in [4.78, 5) is 24.4. The maximum absolute atomic E-state index is 12.3. The van der Waals surface area contributed by atoms with Crippen LogP contribution in [0, 0.1) is 16.7 Å². The fourth-order valence-electron chi connectivity index (χ4n) is 2.70. The van der Waals surface area contributed by atoms with E-state index in [4.69, 9.17) is 9.15 Å². The quantitative estimate of drug-likeness (QED) is 0.926. The van der Waals surface area contributed by atoms with Gasteiger partial charge in [0.05, 0.1) is 12.3 Å². The SMILES string of the molecule is CC(C)(C)OC(=O)N[C@@H](c1ccco1)[C@@]1(C#N)CCCC1=O. The highest BCUT2D eigenvalue weighted by Crippen LogP contribution is 2.45. The first-order valence-corrected chi connectivity index (χ1v) is 7.26. The van der Waals surface area contributed by atoms with E-state index in [9.17, 15) is 14.9 Å². The molecule has 0 aliphatic heterocycles. The highest BCUT2D eigenvalue weighted by molar-refractivity contribution is 5.91. The fourth-order valence-corrected chi connectivity index (χ4v) is 2.70.